The predicted octanol–water partition coefficient (Wildman–Crippen LogP) is 1.73. The zero-order valence-electron chi connectivity index (χ0n) is 13.1. The largest absolute Gasteiger partial charge is 0.299 e. The number of Topliss-reactive ketones (excluding diaryl/α,β-unsaturated/α-hetero) is 2. The van der Waals surface area contributed by atoms with Gasteiger partial charge in [0.2, 0.25) is 0 Å². The summed E-state index contributed by atoms with van der Waals surface area (Å²) in [5.74, 6) is -0.771. The van der Waals surface area contributed by atoms with Crippen molar-refractivity contribution in [1.29, 1.82) is 0 Å². The average molecular weight is 184 g/mol. The van der Waals surface area contributed by atoms with E-state index in [1.165, 1.54) is 0 Å². The van der Waals surface area contributed by atoms with Gasteiger partial charge in [-0.2, -0.15) is 0 Å². The maximum Gasteiger partial charge on any atom is 0.143 e. The van der Waals surface area contributed by atoms with Crippen LogP contribution in [0.2, 0.25) is 0 Å². The fourth-order valence-corrected chi connectivity index (χ4v) is 1.18. The lowest BCUT2D eigenvalue weighted by atomic mass is 9.84. The first kappa shape index (κ1) is 4.41. The van der Waals surface area contributed by atoms with E-state index in [1.54, 1.807) is 5.92 Å². The summed E-state index contributed by atoms with van der Waals surface area (Å²) in [5, 5.41) is 0. The Morgan fingerprint density at radius 2 is 2.38 bits per heavy atom. The summed E-state index contributed by atoms with van der Waals surface area (Å²) in [6.45, 7) is 0. The lowest BCUT2D eigenvalue weighted by molar-refractivity contribution is -0.132. The highest BCUT2D eigenvalue weighted by atomic mass is 16.1. The quantitative estimate of drug-likeness (QED) is 0.494. The summed E-state index contributed by atoms with van der Waals surface area (Å²) >= 11 is 0. The molecule has 1 aliphatic rings. The van der Waals surface area contributed by atoms with Gasteiger partial charge in [0.05, 0.1) is 6.42 Å². The Morgan fingerprint density at radius 1 is 1.62 bits per heavy atom. The zero-order chi connectivity index (χ0) is 15.1. The van der Waals surface area contributed by atoms with Crippen molar-refractivity contribution in [2.45, 2.75) is 38.4 Å². The van der Waals surface area contributed by atoms with E-state index in [4.69, 9.17) is 14.6 Å². The highest BCUT2D eigenvalue weighted by Crippen LogP contribution is 2.22. The Morgan fingerprint density at radius 3 is 3.00 bits per heavy atom. The molecule has 70 valence electrons. The molecule has 1 aliphatic carbocycles. The van der Waals surface area contributed by atoms with Crippen molar-refractivity contribution in [2.24, 2.45) is 5.92 Å². The summed E-state index contributed by atoms with van der Waals surface area (Å²) in [6, 6.07) is 0. The SMILES string of the molecule is [2H]C([2H])(C#C)C([2H])([2H])C([2H])([2H])C1CCC(=O)CC1=O. The molecule has 2 nitrogen and oxygen atoms in total. The van der Waals surface area contributed by atoms with Gasteiger partial charge in [-0.1, -0.05) is 0 Å². The predicted molar refractivity (Wildman–Crippen MR) is 50.0 cm³/mol. The third kappa shape index (κ3) is 3.02. The van der Waals surface area contributed by atoms with Gasteiger partial charge in [-0.3, -0.25) is 9.59 Å². The van der Waals surface area contributed by atoms with Crippen LogP contribution in [0.5, 0.6) is 0 Å². The molecule has 0 aromatic carbocycles. The maximum atomic E-state index is 11.7. The molecule has 2 heteroatoms. The van der Waals surface area contributed by atoms with Crippen molar-refractivity contribution >= 4 is 11.6 Å². The second-order valence-electron chi connectivity index (χ2n) is 2.81. The van der Waals surface area contributed by atoms with Crippen LogP contribution < -0.4 is 0 Å². The normalized spacial score (nSPS) is 33.0. The number of rotatable bonds is 3. The van der Waals surface area contributed by atoms with Gasteiger partial charge in [-0.15, -0.1) is 12.3 Å². The monoisotopic (exact) mass is 184 g/mol. The minimum atomic E-state index is -3.03. The van der Waals surface area contributed by atoms with Gasteiger partial charge in [0.1, 0.15) is 11.6 Å². The Balaban J connectivity index is 3.14. The van der Waals surface area contributed by atoms with Crippen LogP contribution in [-0.2, 0) is 9.59 Å². The maximum absolute atomic E-state index is 11.7. The van der Waals surface area contributed by atoms with Crippen LogP contribution in [0.25, 0.3) is 0 Å². The molecule has 0 aliphatic heterocycles. The molecular weight excluding hydrogens is 164 g/mol. The molecule has 0 heterocycles. The minimum absolute atomic E-state index is 0.00888. The van der Waals surface area contributed by atoms with Crippen LogP contribution in [0, 0.1) is 18.3 Å². The van der Waals surface area contributed by atoms with Crippen LogP contribution in [-0.4, -0.2) is 11.6 Å². The Bertz CT molecular complexity index is 449. The van der Waals surface area contributed by atoms with Gasteiger partial charge in [-0.05, 0) is 19.2 Å². The molecule has 1 unspecified atom stereocenters. The Labute approximate surface area is 87.1 Å². The zero-order valence-corrected chi connectivity index (χ0v) is 7.09. The molecule has 0 spiro atoms. The standard InChI is InChI=1S/C11H14O2/c1-2-3-4-5-9-6-7-10(12)8-11(9)13/h1,9H,3-8H2/i3D2,4D2,5D2. The molecule has 1 saturated carbocycles. The third-order valence-corrected chi connectivity index (χ3v) is 1.85. The third-order valence-electron chi connectivity index (χ3n) is 1.85. The van der Waals surface area contributed by atoms with Crippen LogP contribution in [0.3, 0.4) is 0 Å². The molecule has 0 N–H and O–H groups in total. The van der Waals surface area contributed by atoms with Gasteiger partial charge >= 0.3 is 0 Å². The van der Waals surface area contributed by atoms with Crippen molar-refractivity contribution in [3.05, 3.63) is 0 Å². The van der Waals surface area contributed by atoms with E-state index in [9.17, 15) is 9.59 Å². The van der Waals surface area contributed by atoms with Gasteiger partial charge < -0.3 is 0 Å². The van der Waals surface area contributed by atoms with Crippen molar-refractivity contribution in [2.75, 3.05) is 0 Å². The van der Waals surface area contributed by atoms with Crippen LogP contribution in [0.15, 0.2) is 0 Å². The van der Waals surface area contributed by atoms with Gasteiger partial charge in [0, 0.05) is 26.9 Å². The van der Waals surface area contributed by atoms with Crippen LogP contribution >= 0.6 is 0 Å². The molecule has 0 saturated heterocycles. The molecule has 0 aromatic heterocycles. The van der Waals surface area contributed by atoms with Crippen molar-refractivity contribution < 1.29 is 17.8 Å². The highest BCUT2D eigenvalue weighted by Gasteiger charge is 2.25. The summed E-state index contributed by atoms with van der Waals surface area (Å²) in [6.07, 6.45) is -4.31. The molecule has 1 atom stereocenters. The van der Waals surface area contributed by atoms with E-state index in [0.29, 0.717) is 0 Å². The number of ketones is 2. The number of hydrogen-bond donors (Lipinski definition) is 0. The summed E-state index contributed by atoms with van der Waals surface area (Å²) in [5.41, 5.74) is 0. The molecule has 0 radical (unpaired) electrons. The second-order valence-corrected chi connectivity index (χ2v) is 2.81. The first-order valence-corrected chi connectivity index (χ1v) is 3.99. The Hall–Kier alpha value is -1.10. The second kappa shape index (κ2) is 4.81. The van der Waals surface area contributed by atoms with Crippen molar-refractivity contribution in [3.8, 4) is 12.3 Å². The average Bonchev–Trinajstić information content (AvgIpc) is 2.27. The highest BCUT2D eigenvalue weighted by molar-refractivity contribution is 6.02. The molecule has 0 bridgehead atoms. The Kier molecular flexibility index (Phi) is 1.63. The van der Waals surface area contributed by atoms with Gasteiger partial charge in [0.15, 0.2) is 0 Å². The molecule has 1 rings (SSSR count). The lowest BCUT2D eigenvalue weighted by Crippen LogP contribution is -2.24. The van der Waals surface area contributed by atoms with E-state index in [0.717, 1.165) is 0 Å². The molecular formula is C11H14O2. The number of terminal acetylenes is 1. The molecule has 0 amide bonds. The minimum Gasteiger partial charge on any atom is -0.299 e. The van der Waals surface area contributed by atoms with E-state index in [1.807, 2.05) is 0 Å². The van der Waals surface area contributed by atoms with Gasteiger partial charge in [-0.25, -0.2) is 0 Å². The molecule has 0 aromatic rings. The summed E-state index contributed by atoms with van der Waals surface area (Å²) < 4.78 is 45.7. The van der Waals surface area contributed by atoms with Crippen molar-refractivity contribution in [3.63, 3.8) is 0 Å². The van der Waals surface area contributed by atoms with E-state index in [-0.39, 0.29) is 18.6 Å². The smallest absolute Gasteiger partial charge is 0.143 e. The fourth-order valence-electron chi connectivity index (χ4n) is 1.18. The number of hydrogen-bond acceptors (Lipinski definition) is 2. The molecule has 1 fully saturated rings. The van der Waals surface area contributed by atoms with E-state index < -0.39 is 37.2 Å². The summed E-state index contributed by atoms with van der Waals surface area (Å²) in [4.78, 5) is 22.8. The topological polar surface area (TPSA) is 34.1 Å². The van der Waals surface area contributed by atoms with Crippen molar-refractivity contribution in [1.82, 2.24) is 0 Å². The lowest BCUT2D eigenvalue weighted by Gasteiger charge is -2.18. The number of carbonyl (C=O) groups is 2. The first-order valence-electron chi connectivity index (χ1n) is 6.99. The van der Waals surface area contributed by atoms with Gasteiger partial charge in [0.25, 0.3) is 0 Å². The fraction of sp³-hybridized carbons (Fsp3) is 0.636. The molecule has 13 heavy (non-hydrogen) atoms. The van der Waals surface area contributed by atoms with Crippen LogP contribution in [0.4, 0.5) is 0 Å². The van der Waals surface area contributed by atoms with E-state index in [2.05, 4.69) is 0 Å². The summed E-state index contributed by atoms with van der Waals surface area (Å²) in [7, 11) is 0. The first-order chi connectivity index (χ1) is 8.47. The van der Waals surface area contributed by atoms with E-state index >= 15 is 0 Å². The van der Waals surface area contributed by atoms with Crippen LogP contribution in [0.1, 0.15) is 46.6 Å². The number of carbonyl (C=O) groups excluding carboxylic acids is 2.